The second-order valence-electron chi connectivity index (χ2n) is 7.37. The number of rotatable bonds is 6. The van der Waals surface area contributed by atoms with Gasteiger partial charge in [0, 0.05) is 12.8 Å². The van der Waals surface area contributed by atoms with Crippen molar-refractivity contribution in [3.8, 4) is 5.75 Å². The molecule has 0 spiro atoms. The van der Waals surface area contributed by atoms with Crippen LogP contribution >= 0.6 is 11.8 Å². The summed E-state index contributed by atoms with van der Waals surface area (Å²) in [5.41, 5.74) is 3.35. The maximum atomic E-state index is 12.5. The number of benzene rings is 2. The van der Waals surface area contributed by atoms with Gasteiger partial charge in [-0.25, -0.2) is 0 Å². The van der Waals surface area contributed by atoms with Gasteiger partial charge in [-0.3, -0.25) is 13.8 Å². The van der Waals surface area contributed by atoms with E-state index in [2.05, 4.69) is 43.1 Å². The first-order valence-corrected chi connectivity index (χ1v) is 10.6. The second kappa shape index (κ2) is 7.91. The van der Waals surface area contributed by atoms with E-state index in [1.165, 1.54) is 15.7 Å². The van der Waals surface area contributed by atoms with Crippen molar-refractivity contribution in [2.75, 3.05) is 12.4 Å². The summed E-state index contributed by atoms with van der Waals surface area (Å²) in [6.07, 6.45) is 0. The van der Waals surface area contributed by atoms with E-state index in [1.54, 1.807) is 18.8 Å². The zero-order valence-corrected chi connectivity index (χ0v) is 17.9. The minimum atomic E-state index is -0.0689. The fourth-order valence-corrected chi connectivity index (χ4v) is 4.34. The van der Waals surface area contributed by atoms with Crippen LogP contribution in [-0.4, -0.2) is 31.5 Å². The Morgan fingerprint density at radius 2 is 1.93 bits per heavy atom. The average molecular weight is 409 g/mol. The molecule has 0 aliphatic rings. The Labute approximate surface area is 173 Å². The summed E-state index contributed by atoms with van der Waals surface area (Å²) in [4.78, 5) is 12.5. The second-order valence-corrected chi connectivity index (χ2v) is 8.43. The molecule has 0 saturated heterocycles. The molecule has 0 fully saturated rings. The number of nitrogens with zero attached hydrogens (tertiary/aromatic N) is 4. The standard InChI is InChI=1S/C22H24N4O2S/c1-14(2)17-10-9-16(13-15(17)3)28-11-12-29-22-24-23-21-25(4)20(27)18-7-5-6-8-19(18)26(21)22/h5-10,13-14H,11-12H2,1-4H3. The predicted octanol–water partition coefficient (Wildman–Crippen LogP) is 4.18. The lowest BCUT2D eigenvalue weighted by Crippen LogP contribution is -2.20. The molecule has 0 N–H and O–H groups in total. The third kappa shape index (κ3) is 3.62. The van der Waals surface area contributed by atoms with Crippen LogP contribution in [0.3, 0.4) is 0 Å². The van der Waals surface area contributed by atoms with E-state index < -0.39 is 0 Å². The van der Waals surface area contributed by atoms with Gasteiger partial charge in [0.25, 0.3) is 5.56 Å². The monoisotopic (exact) mass is 408 g/mol. The molecular weight excluding hydrogens is 384 g/mol. The number of aryl methyl sites for hydroxylation is 2. The van der Waals surface area contributed by atoms with Crippen molar-refractivity contribution in [3.05, 3.63) is 63.9 Å². The molecule has 0 radical (unpaired) electrons. The minimum Gasteiger partial charge on any atom is -0.493 e. The molecule has 2 aromatic heterocycles. The highest BCUT2D eigenvalue weighted by Crippen LogP contribution is 2.24. The molecule has 6 nitrogen and oxygen atoms in total. The Morgan fingerprint density at radius 3 is 2.69 bits per heavy atom. The first-order valence-electron chi connectivity index (χ1n) is 9.66. The first-order chi connectivity index (χ1) is 14.0. The van der Waals surface area contributed by atoms with Gasteiger partial charge in [-0.1, -0.05) is 43.8 Å². The maximum Gasteiger partial charge on any atom is 0.262 e. The number of fused-ring (bicyclic) bond motifs is 3. The van der Waals surface area contributed by atoms with Crippen LogP contribution in [0.4, 0.5) is 0 Å². The minimum absolute atomic E-state index is 0.0689. The van der Waals surface area contributed by atoms with E-state index in [4.69, 9.17) is 4.74 Å². The van der Waals surface area contributed by atoms with E-state index in [0.717, 1.165) is 22.2 Å². The van der Waals surface area contributed by atoms with Crippen molar-refractivity contribution in [3.63, 3.8) is 0 Å². The average Bonchev–Trinajstić information content (AvgIpc) is 3.13. The number of thioether (sulfide) groups is 1. The molecule has 0 bridgehead atoms. The van der Waals surface area contributed by atoms with Crippen LogP contribution in [-0.2, 0) is 7.05 Å². The molecular formula is C22H24N4O2S. The van der Waals surface area contributed by atoms with E-state index in [9.17, 15) is 4.79 Å². The van der Waals surface area contributed by atoms with Gasteiger partial charge in [0.2, 0.25) is 5.78 Å². The Bertz CT molecular complexity index is 1240. The van der Waals surface area contributed by atoms with Gasteiger partial charge in [0.1, 0.15) is 5.75 Å². The summed E-state index contributed by atoms with van der Waals surface area (Å²) in [5, 5.41) is 9.92. The molecule has 0 aliphatic heterocycles. The SMILES string of the molecule is Cc1cc(OCCSc2nnc3n(C)c(=O)c4ccccc4n23)ccc1C(C)C. The van der Waals surface area contributed by atoms with Gasteiger partial charge in [-0.05, 0) is 48.2 Å². The Balaban J connectivity index is 1.51. The predicted molar refractivity (Wildman–Crippen MR) is 117 cm³/mol. The largest absolute Gasteiger partial charge is 0.493 e. The van der Waals surface area contributed by atoms with Crippen LogP contribution < -0.4 is 10.3 Å². The van der Waals surface area contributed by atoms with Crippen molar-refractivity contribution < 1.29 is 4.74 Å². The van der Waals surface area contributed by atoms with Gasteiger partial charge < -0.3 is 4.74 Å². The van der Waals surface area contributed by atoms with E-state index >= 15 is 0 Å². The number of hydrogen-bond acceptors (Lipinski definition) is 5. The zero-order valence-electron chi connectivity index (χ0n) is 17.0. The van der Waals surface area contributed by atoms with Crippen LogP contribution in [0.5, 0.6) is 5.75 Å². The number of hydrogen-bond donors (Lipinski definition) is 0. The summed E-state index contributed by atoms with van der Waals surface area (Å²) < 4.78 is 9.40. The number of para-hydroxylation sites is 1. The molecule has 0 amide bonds. The molecule has 4 rings (SSSR count). The lowest BCUT2D eigenvalue weighted by molar-refractivity contribution is 0.343. The smallest absolute Gasteiger partial charge is 0.262 e. The highest BCUT2D eigenvalue weighted by Gasteiger charge is 2.14. The Morgan fingerprint density at radius 1 is 1.14 bits per heavy atom. The molecule has 4 aromatic rings. The van der Waals surface area contributed by atoms with Gasteiger partial charge in [-0.15, -0.1) is 10.2 Å². The summed E-state index contributed by atoms with van der Waals surface area (Å²) in [6.45, 7) is 7.07. The zero-order chi connectivity index (χ0) is 20.5. The molecule has 7 heteroatoms. The molecule has 150 valence electrons. The quantitative estimate of drug-likeness (QED) is 0.354. The molecule has 0 atom stereocenters. The van der Waals surface area contributed by atoms with E-state index in [1.807, 2.05) is 34.7 Å². The third-order valence-corrected chi connectivity index (χ3v) is 5.94. The van der Waals surface area contributed by atoms with Crippen LogP contribution in [0.15, 0.2) is 52.4 Å². The van der Waals surface area contributed by atoms with Crippen LogP contribution in [0.2, 0.25) is 0 Å². The first kappa shape index (κ1) is 19.5. The molecule has 29 heavy (non-hydrogen) atoms. The van der Waals surface area contributed by atoms with E-state index in [0.29, 0.717) is 23.7 Å². The van der Waals surface area contributed by atoms with Gasteiger partial charge in [0.15, 0.2) is 5.16 Å². The van der Waals surface area contributed by atoms with Gasteiger partial charge >= 0.3 is 0 Å². The fourth-order valence-electron chi connectivity index (χ4n) is 3.58. The Kier molecular flexibility index (Phi) is 5.32. The molecule has 0 unspecified atom stereocenters. The van der Waals surface area contributed by atoms with Crippen molar-refractivity contribution in [2.24, 2.45) is 7.05 Å². The maximum absolute atomic E-state index is 12.5. The lowest BCUT2D eigenvalue weighted by Gasteiger charge is -2.12. The molecule has 2 heterocycles. The van der Waals surface area contributed by atoms with Crippen LogP contribution in [0.25, 0.3) is 16.7 Å². The summed E-state index contributed by atoms with van der Waals surface area (Å²) in [5.74, 6) is 2.65. The normalized spacial score (nSPS) is 11.6. The highest BCUT2D eigenvalue weighted by atomic mass is 32.2. The molecule has 2 aromatic carbocycles. The third-order valence-electron chi connectivity index (χ3n) is 5.04. The number of aromatic nitrogens is 4. The van der Waals surface area contributed by atoms with Gasteiger partial charge in [-0.2, -0.15) is 0 Å². The summed E-state index contributed by atoms with van der Waals surface area (Å²) in [7, 11) is 1.72. The molecule has 0 aliphatic carbocycles. The van der Waals surface area contributed by atoms with Gasteiger partial charge in [0.05, 0.1) is 17.5 Å². The van der Waals surface area contributed by atoms with E-state index in [-0.39, 0.29) is 5.56 Å². The Hall–Kier alpha value is -2.80. The topological polar surface area (TPSA) is 61.4 Å². The van der Waals surface area contributed by atoms with Crippen LogP contribution in [0, 0.1) is 6.92 Å². The summed E-state index contributed by atoms with van der Waals surface area (Å²) in [6, 6.07) is 13.8. The lowest BCUT2D eigenvalue weighted by atomic mass is 9.98. The van der Waals surface area contributed by atoms with Crippen molar-refractivity contribution in [2.45, 2.75) is 31.8 Å². The van der Waals surface area contributed by atoms with Crippen molar-refractivity contribution >= 4 is 28.4 Å². The van der Waals surface area contributed by atoms with Crippen molar-refractivity contribution in [1.29, 1.82) is 0 Å². The van der Waals surface area contributed by atoms with Crippen LogP contribution in [0.1, 0.15) is 30.9 Å². The molecule has 0 saturated carbocycles. The highest BCUT2D eigenvalue weighted by molar-refractivity contribution is 7.99. The van der Waals surface area contributed by atoms with Crippen molar-refractivity contribution in [1.82, 2.24) is 19.2 Å². The number of ether oxygens (including phenoxy) is 1. The summed E-state index contributed by atoms with van der Waals surface area (Å²) >= 11 is 1.57. The fraction of sp³-hybridized carbons (Fsp3) is 0.318.